The Bertz CT molecular complexity index is 252. The number of nitrogens with zero attached hydrogens (tertiary/aromatic N) is 2. The van der Waals surface area contributed by atoms with Crippen LogP contribution in [-0.2, 0) is 4.79 Å². The molecule has 3 atom stereocenters. The molecule has 0 amide bonds. The average Bonchev–Trinajstić information content (AvgIpc) is 2.71. The van der Waals surface area contributed by atoms with Crippen LogP contribution in [0.2, 0.25) is 0 Å². The van der Waals surface area contributed by atoms with Gasteiger partial charge in [0.15, 0.2) is 0 Å². The summed E-state index contributed by atoms with van der Waals surface area (Å²) in [7, 11) is 4.28. The smallest absolute Gasteiger partial charge is 0.149 e. The van der Waals surface area contributed by atoms with Crippen molar-refractivity contribution in [3.05, 3.63) is 0 Å². The third kappa shape index (κ3) is 2.08. The lowest BCUT2D eigenvalue weighted by Crippen LogP contribution is -2.39. The van der Waals surface area contributed by atoms with Crippen LogP contribution < -0.4 is 0 Å². The highest BCUT2D eigenvalue weighted by Gasteiger charge is 2.38. The summed E-state index contributed by atoms with van der Waals surface area (Å²) in [6, 6.07) is 0.871. The number of hydrogen-bond donors (Lipinski definition) is 0. The molecule has 3 unspecified atom stereocenters. The van der Waals surface area contributed by atoms with E-state index in [9.17, 15) is 4.79 Å². The van der Waals surface area contributed by atoms with Crippen LogP contribution in [0.5, 0.6) is 0 Å². The maximum Gasteiger partial charge on any atom is 0.149 e. The van der Waals surface area contributed by atoms with Gasteiger partial charge in [0.1, 0.15) is 5.78 Å². The van der Waals surface area contributed by atoms with E-state index in [1.165, 1.54) is 0 Å². The fourth-order valence-electron chi connectivity index (χ4n) is 3.10. The molecule has 3 heteroatoms. The number of carbonyl (C=O) groups is 1. The van der Waals surface area contributed by atoms with E-state index in [1.54, 1.807) is 0 Å². The molecule has 2 fully saturated rings. The van der Waals surface area contributed by atoms with Crippen molar-refractivity contribution in [2.24, 2.45) is 5.92 Å². The first kappa shape index (κ1) is 11.1. The summed E-state index contributed by atoms with van der Waals surface area (Å²) < 4.78 is 0. The van der Waals surface area contributed by atoms with Crippen LogP contribution >= 0.6 is 0 Å². The lowest BCUT2D eigenvalue weighted by molar-refractivity contribution is -0.121. The number of Topliss-reactive ketones (excluding diaryl/α,β-unsaturated/α-hetero) is 1. The van der Waals surface area contributed by atoms with Crippen LogP contribution in [0.4, 0.5) is 0 Å². The van der Waals surface area contributed by atoms with E-state index in [-0.39, 0.29) is 6.04 Å². The SMILES string of the molecule is CC1CN(C2CCCC2=O)CC1N(C)C. The van der Waals surface area contributed by atoms with Crippen LogP contribution in [0.1, 0.15) is 26.2 Å². The normalized spacial score (nSPS) is 38.1. The molecule has 0 radical (unpaired) electrons. The van der Waals surface area contributed by atoms with E-state index in [4.69, 9.17) is 0 Å². The van der Waals surface area contributed by atoms with Crippen LogP contribution in [0.25, 0.3) is 0 Å². The molecule has 1 saturated heterocycles. The van der Waals surface area contributed by atoms with Gasteiger partial charge in [0.2, 0.25) is 0 Å². The van der Waals surface area contributed by atoms with Gasteiger partial charge in [0, 0.05) is 25.6 Å². The molecule has 0 aromatic carbocycles. The fraction of sp³-hybridized carbons (Fsp3) is 0.917. The Balaban J connectivity index is 1.99. The summed E-state index contributed by atoms with van der Waals surface area (Å²) in [6.07, 6.45) is 2.99. The number of ketones is 1. The zero-order valence-electron chi connectivity index (χ0n) is 10.1. The number of carbonyl (C=O) groups excluding carboxylic acids is 1. The highest BCUT2D eigenvalue weighted by molar-refractivity contribution is 5.85. The van der Waals surface area contributed by atoms with Crippen molar-refractivity contribution in [2.75, 3.05) is 27.2 Å². The zero-order chi connectivity index (χ0) is 11.0. The predicted octanol–water partition coefficient (Wildman–Crippen LogP) is 0.990. The Morgan fingerprint density at radius 2 is 2.07 bits per heavy atom. The predicted molar refractivity (Wildman–Crippen MR) is 60.9 cm³/mol. The molecule has 1 saturated carbocycles. The molecule has 0 spiro atoms. The Labute approximate surface area is 92.4 Å². The number of rotatable bonds is 2. The molecule has 3 nitrogen and oxygen atoms in total. The van der Waals surface area contributed by atoms with Gasteiger partial charge in [-0.25, -0.2) is 0 Å². The summed E-state index contributed by atoms with van der Waals surface area (Å²) in [5.74, 6) is 1.16. The van der Waals surface area contributed by atoms with Gasteiger partial charge in [-0.05, 0) is 32.9 Å². The fourth-order valence-corrected chi connectivity index (χ4v) is 3.10. The molecule has 1 aliphatic carbocycles. The van der Waals surface area contributed by atoms with Crippen LogP contribution in [-0.4, -0.2) is 54.9 Å². The van der Waals surface area contributed by atoms with E-state index in [1.807, 2.05) is 0 Å². The Kier molecular flexibility index (Phi) is 3.12. The van der Waals surface area contributed by atoms with Gasteiger partial charge >= 0.3 is 0 Å². The Hall–Kier alpha value is -0.410. The molecule has 15 heavy (non-hydrogen) atoms. The number of likely N-dealkylation sites (N-methyl/N-ethyl adjacent to an activating group) is 1. The molecule has 0 bridgehead atoms. The molecular formula is C12H22N2O. The molecule has 2 aliphatic rings. The maximum absolute atomic E-state index is 11.7. The maximum atomic E-state index is 11.7. The van der Waals surface area contributed by atoms with Gasteiger partial charge < -0.3 is 4.90 Å². The second-order valence-electron chi connectivity index (χ2n) is 5.34. The standard InChI is InChI=1S/C12H22N2O/c1-9-7-14(8-11(9)13(2)3)10-5-4-6-12(10)15/h9-11H,4-8H2,1-3H3. The third-order valence-electron chi connectivity index (χ3n) is 3.98. The third-order valence-corrected chi connectivity index (χ3v) is 3.98. The number of hydrogen-bond acceptors (Lipinski definition) is 3. The van der Waals surface area contributed by atoms with Gasteiger partial charge in [-0.1, -0.05) is 6.92 Å². The van der Waals surface area contributed by atoms with Gasteiger partial charge in [0.25, 0.3) is 0 Å². The topological polar surface area (TPSA) is 23.6 Å². The van der Waals surface area contributed by atoms with Crippen molar-refractivity contribution in [3.8, 4) is 0 Å². The van der Waals surface area contributed by atoms with E-state index in [0.29, 0.717) is 17.7 Å². The van der Waals surface area contributed by atoms with Crippen LogP contribution in [0.15, 0.2) is 0 Å². The van der Waals surface area contributed by atoms with Crippen LogP contribution in [0, 0.1) is 5.92 Å². The summed E-state index contributed by atoms with van der Waals surface area (Å²) in [5, 5.41) is 0. The van der Waals surface area contributed by atoms with Crippen molar-refractivity contribution in [2.45, 2.75) is 38.3 Å². The minimum absolute atomic E-state index is 0.248. The van der Waals surface area contributed by atoms with E-state index in [0.717, 1.165) is 32.4 Å². The quantitative estimate of drug-likeness (QED) is 0.679. The minimum atomic E-state index is 0.248. The molecule has 1 aliphatic heterocycles. The second-order valence-corrected chi connectivity index (χ2v) is 5.34. The van der Waals surface area contributed by atoms with Gasteiger partial charge in [-0.2, -0.15) is 0 Å². The monoisotopic (exact) mass is 210 g/mol. The van der Waals surface area contributed by atoms with Crippen molar-refractivity contribution in [3.63, 3.8) is 0 Å². The van der Waals surface area contributed by atoms with Crippen molar-refractivity contribution < 1.29 is 4.79 Å². The Morgan fingerprint density at radius 3 is 2.53 bits per heavy atom. The Morgan fingerprint density at radius 1 is 1.33 bits per heavy atom. The average molecular weight is 210 g/mol. The first-order valence-corrected chi connectivity index (χ1v) is 6.03. The second kappa shape index (κ2) is 4.22. The van der Waals surface area contributed by atoms with E-state index >= 15 is 0 Å². The van der Waals surface area contributed by atoms with Gasteiger partial charge in [-0.15, -0.1) is 0 Å². The molecule has 0 N–H and O–H groups in total. The van der Waals surface area contributed by atoms with E-state index in [2.05, 4.69) is 30.8 Å². The summed E-state index contributed by atoms with van der Waals surface area (Å²) >= 11 is 0. The largest absolute Gasteiger partial charge is 0.305 e. The lowest BCUT2D eigenvalue weighted by Gasteiger charge is -2.24. The molecule has 0 aromatic rings. The molecular weight excluding hydrogens is 188 g/mol. The van der Waals surface area contributed by atoms with Crippen molar-refractivity contribution in [1.82, 2.24) is 9.80 Å². The molecule has 0 aromatic heterocycles. The van der Waals surface area contributed by atoms with E-state index < -0.39 is 0 Å². The van der Waals surface area contributed by atoms with Crippen molar-refractivity contribution >= 4 is 5.78 Å². The summed E-state index contributed by atoms with van der Waals surface area (Å²) in [6.45, 7) is 4.47. The summed E-state index contributed by atoms with van der Waals surface area (Å²) in [5.41, 5.74) is 0. The lowest BCUT2D eigenvalue weighted by atomic mass is 10.1. The first-order valence-electron chi connectivity index (χ1n) is 6.03. The summed E-state index contributed by atoms with van der Waals surface area (Å²) in [4.78, 5) is 16.4. The highest BCUT2D eigenvalue weighted by atomic mass is 16.1. The zero-order valence-corrected chi connectivity index (χ0v) is 10.1. The van der Waals surface area contributed by atoms with Crippen molar-refractivity contribution in [1.29, 1.82) is 0 Å². The first-order chi connectivity index (χ1) is 7.09. The van der Waals surface area contributed by atoms with Crippen LogP contribution in [0.3, 0.4) is 0 Å². The molecule has 86 valence electrons. The number of likely N-dealkylation sites (tertiary alicyclic amines) is 1. The highest BCUT2D eigenvalue weighted by Crippen LogP contribution is 2.27. The molecule has 1 heterocycles. The molecule has 2 rings (SSSR count). The minimum Gasteiger partial charge on any atom is -0.305 e. The van der Waals surface area contributed by atoms with Gasteiger partial charge in [0.05, 0.1) is 6.04 Å². The van der Waals surface area contributed by atoms with Gasteiger partial charge in [-0.3, -0.25) is 9.69 Å².